The summed E-state index contributed by atoms with van der Waals surface area (Å²) >= 11 is 0. The van der Waals surface area contributed by atoms with E-state index in [4.69, 9.17) is 0 Å². The predicted molar refractivity (Wildman–Crippen MR) is 124 cm³/mol. The minimum Gasteiger partial charge on any atom is -0.344 e. The second-order valence-electron chi connectivity index (χ2n) is 8.35. The monoisotopic (exact) mass is 375 g/mol. The molecular formula is C28H25N. The van der Waals surface area contributed by atoms with Crippen molar-refractivity contribution in [1.29, 1.82) is 0 Å². The Morgan fingerprint density at radius 2 is 1.28 bits per heavy atom. The standard InChI is InChI=1S/C28H25N/c1-28(2)24-16-8-7-15-23(24)27-25(28)17-10-18-26(27)29(3)22-14-9-13-21(19-22)20-11-5-4-6-12-20/h4-19H,1-3H3. The Bertz CT molecular complexity index is 1190. The lowest BCUT2D eigenvalue weighted by atomic mass is 9.82. The summed E-state index contributed by atoms with van der Waals surface area (Å²) in [6.07, 6.45) is 0. The number of benzene rings is 4. The van der Waals surface area contributed by atoms with Crippen LogP contribution in [0, 0.1) is 0 Å². The van der Waals surface area contributed by atoms with Crippen LogP contribution in [0.3, 0.4) is 0 Å². The number of fused-ring (bicyclic) bond motifs is 3. The summed E-state index contributed by atoms with van der Waals surface area (Å²) in [5.41, 5.74) is 10.5. The minimum atomic E-state index is 0.0225. The second-order valence-corrected chi connectivity index (χ2v) is 8.35. The van der Waals surface area contributed by atoms with Gasteiger partial charge in [-0.3, -0.25) is 0 Å². The first-order chi connectivity index (χ1) is 14.1. The fourth-order valence-corrected chi connectivity index (χ4v) is 4.68. The van der Waals surface area contributed by atoms with Gasteiger partial charge in [0.05, 0.1) is 0 Å². The maximum Gasteiger partial charge on any atom is 0.0491 e. The quantitative estimate of drug-likeness (QED) is 0.360. The zero-order chi connectivity index (χ0) is 20.0. The highest BCUT2D eigenvalue weighted by molar-refractivity contribution is 5.92. The van der Waals surface area contributed by atoms with Gasteiger partial charge in [-0.2, -0.15) is 0 Å². The average Bonchev–Trinajstić information content (AvgIpc) is 3.01. The molecule has 4 aromatic carbocycles. The topological polar surface area (TPSA) is 3.24 Å². The molecule has 1 aliphatic rings. The fourth-order valence-electron chi connectivity index (χ4n) is 4.68. The van der Waals surface area contributed by atoms with Gasteiger partial charge in [0.25, 0.3) is 0 Å². The average molecular weight is 376 g/mol. The van der Waals surface area contributed by atoms with Crippen molar-refractivity contribution in [2.24, 2.45) is 0 Å². The van der Waals surface area contributed by atoms with E-state index in [2.05, 4.69) is 123 Å². The predicted octanol–water partition coefficient (Wildman–Crippen LogP) is 7.43. The summed E-state index contributed by atoms with van der Waals surface area (Å²) in [5, 5.41) is 0. The molecule has 1 aliphatic carbocycles. The van der Waals surface area contributed by atoms with Crippen LogP contribution in [0.1, 0.15) is 25.0 Å². The summed E-state index contributed by atoms with van der Waals surface area (Å²) < 4.78 is 0. The lowest BCUT2D eigenvalue weighted by Gasteiger charge is -2.25. The summed E-state index contributed by atoms with van der Waals surface area (Å²) in [4.78, 5) is 2.32. The Kier molecular flexibility index (Phi) is 4.06. The molecule has 29 heavy (non-hydrogen) atoms. The molecule has 0 aromatic heterocycles. The molecule has 1 heteroatoms. The van der Waals surface area contributed by atoms with Crippen molar-refractivity contribution in [3.8, 4) is 22.3 Å². The maximum absolute atomic E-state index is 2.33. The molecule has 142 valence electrons. The molecule has 1 nitrogen and oxygen atoms in total. The molecule has 0 heterocycles. The van der Waals surface area contributed by atoms with Crippen molar-refractivity contribution in [3.63, 3.8) is 0 Å². The van der Waals surface area contributed by atoms with E-state index in [0.717, 1.165) is 0 Å². The van der Waals surface area contributed by atoms with Crippen LogP contribution < -0.4 is 4.90 Å². The molecule has 0 atom stereocenters. The van der Waals surface area contributed by atoms with Crippen LogP contribution in [0.4, 0.5) is 11.4 Å². The second kappa shape index (κ2) is 6.63. The first-order valence-corrected chi connectivity index (χ1v) is 10.2. The maximum atomic E-state index is 2.33. The highest BCUT2D eigenvalue weighted by Gasteiger charge is 2.36. The SMILES string of the molecule is CN(c1cccc(-c2ccccc2)c1)c1cccc2c1-c1ccccc1C2(C)C. The molecule has 0 unspecified atom stereocenters. The van der Waals surface area contributed by atoms with E-state index in [1.54, 1.807) is 0 Å². The Morgan fingerprint density at radius 3 is 2.10 bits per heavy atom. The van der Waals surface area contributed by atoms with E-state index < -0.39 is 0 Å². The van der Waals surface area contributed by atoms with Crippen LogP contribution >= 0.6 is 0 Å². The van der Waals surface area contributed by atoms with Gasteiger partial charge in [-0.1, -0.05) is 92.7 Å². The number of hydrogen-bond donors (Lipinski definition) is 0. The molecule has 0 saturated heterocycles. The van der Waals surface area contributed by atoms with Crippen LogP contribution in [0.25, 0.3) is 22.3 Å². The molecule has 0 saturated carbocycles. The Morgan fingerprint density at radius 1 is 0.621 bits per heavy atom. The van der Waals surface area contributed by atoms with Gasteiger partial charge in [0, 0.05) is 29.4 Å². The molecule has 0 amide bonds. The van der Waals surface area contributed by atoms with Gasteiger partial charge in [-0.15, -0.1) is 0 Å². The van der Waals surface area contributed by atoms with E-state index in [-0.39, 0.29) is 5.41 Å². The summed E-state index contributed by atoms with van der Waals surface area (Å²) in [6.45, 7) is 4.66. The molecule has 0 bridgehead atoms. The third-order valence-corrected chi connectivity index (χ3v) is 6.29. The Labute approximate surface area is 173 Å². The van der Waals surface area contributed by atoms with E-state index in [0.29, 0.717) is 0 Å². The Hall–Kier alpha value is -3.32. The van der Waals surface area contributed by atoms with Gasteiger partial charge in [0.1, 0.15) is 0 Å². The van der Waals surface area contributed by atoms with Crippen LogP contribution in [-0.2, 0) is 5.41 Å². The summed E-state index contributed by atoms with van der Waals surface area (Å²) in [6, 6.07) is 34.9. The van der Waals surface area contributed by atoms with E-state index in [1.165, 1.54) is 44.8 Å². The Balaban J connectivity index is 1.64. The summed E-state index contributed by atoms with van der Waals surface area (Å²) in [7, 11) is 2.17. The lowest BCUT2D eigenvalue weighted by Crippen LogP contribution is -2.15. The van der Waals surface area contributed by atoms with Crippen LogP contribution in [0.15, 0.2) is 97.1 Å². The molecule has 0 spiro atoms. The van der Waals surface area contributed by atoms with E-state index in [9.17, 15) is 0 Å². The van der Waals surface area contributed by atoms with Crippen LogP contribution in [0.5, 0.6) is 0 Å². The van der Waals surface area contributed by atoms with Crippen LogP contribution in [-0.4, -0.2) is 7.05 Å². The van der Waals surface area contributed by atoms with Gasteiger partial charge < -0.3 is 4.90 Å². The smallest absolute Gasteiger partial charge is 0.0491 e. The highest BCUT2D eigenvalue weighted by Crippen LogP contribution is 2.52. The van der Waals surface area contributed by atoms with Crippen molar-refractivity contribution < 1.29 is 0 Å². The largest absolute Gasteiger partial charge is 0.344 e. The number of hydrogen-bond acceptors (Lipinski definition) is 1. The number of rotatable bonds is 3. The summed E-state index contributed by atoms with van der Waals surface area (Å²) in [5.74, 6) is 0. The van der Waals surface area contributed by atoms with Gasteiger partial charge in [-0.05, 0) is 46.0 Å². The van der Waals surface area contributed by atoms with Crippen molar-refractivity contribution in [1.82, 2.24) is 0 Å². The first-order valence-electron chi connectivity index (χ1n) is 10.2. The van der Waals surface area contributed by atoms with E-state index in [1.807, 2.05) is 0 Å². The zero-order valence-corrected chi connectivity index (χ0v) is 17.2. The first kappa shape index (κ1) is 17.8. The van der Waals surface area contributed by atoms with E-state index >= 15 is 0 Å². The van der Waals surface area contributed by atoms with Crippen molar-refractivity contribution in [2.45, 2.75) is 19.3 Å². The molecule has 0 radical (unpaired) electrons. The molecule has 0 N–H and O–H groups in total. The lowest BCUT2D eigenvalue weighted by molar-refractivity contribution is 0.660. The van der Waals surface area contributed by atoms with Crippen molar-refractivity contribution in [3.05, 3.63) is 108 Å². The van der Waals surface area contributed by atoms with Gasteiger partial charge in [0.15, 0.2) is 0 Å². The minimum absolute atomic E-state index is 0.0225. The normalized spacial score (nSPS) is 13.6. The third kappa shape index (κ3) is 2.77. The third-order valence-electron chi connectivity index (χ3n) is 6.29. The van der Waals surface area contributed by atoms with Gasteiger partial charge in [-0.25, -0.2) is 0 Å². The molecular weight excluding hydrogens is 350 g/mol. The highest BCUT2D eigenvalue weighted by atomic mass is 15.1. The fraction of sp³-hybridized carbons (Fsp3) is 0.143. The molecule has 0 aliphatic heterocycles. The molecule has 0 fully saturated rings. The number of anilines is 2. The van der Waals surface area contributed by atoms with Crippen LogP contribution in [0.2, 0.25) is 0 Å². The van der Waals surface area contributed by atoms with Crippen molar-refractivity contribution in [2.75, 3.05) is 11.9 Å². The molecule has 5 rings (SSSR count). The number of nitrogens with zero attached hydrogens (tertiary/aromatic N) is 1. The zero-order valence-electron chi connectivity index (χ0n) is 17.2. The van der Waals surface area contributed by atoms with Gasteiger partial charge in [0.2, 0.25) is 0 Å². The molecule has 4 aromatic rings. The van der Waals surface area contributed by atoms with Crippen molar-refractivity contribution >= 4 is 11.4 Å². The van der Waals surface area contributed by atoms with Gasteiger partial charge >= 0.3 is 0 Å².